The average molecular weight is 212 g/mol. The van der Waals surface area contributed by atoms with Gasteiger partial charge in [-0.1, -0.05) is 6.07 Å². The number of phenols is 1. The SMILES string of the molecule is O=S1(=O)C(CO)=Cc2c(O)cccc21. The van der Waals surface area contributed by atoms with Crippen molar-refractivity contribution in [3.05, 3.63) is 28.7 Å². The number of phenolic OH excluding ortho intramolecular Hbond substituents is 1. The lowest BCUT2D eigenvalue weighted by atomic mass is 10.2. The molecule has 4 nitrogen and oxygen atoms in total. The number of hydrogen-bond acceptors (Lipinski definition) is 4. The van der Waals surface area contributed by atoms with E-state index in [-0.39, 0.29) is 21.1 Å². The Morgan fingerprint density at radius 3 is 2.57 bits per heavy atom. The molecule has 0 spiro atoms. The fourth-order valence-electron chi connectivity index (χ4n) is 1.42. The standard InChI is InChI=1S/C9H8O4S/c10-5-6-4-7-8(11)2-1-3-9(7)14(6,12)13/h1-4,10-11H,5H2. The molecule has 0 saturated heterocycles. The van der Waals surface area contributed by atoms with Crippen molar-refractivity contribution in [1.29, 1.82) is 0 Å². The third kappa shape index (κ3) is 1.06. The second-order valence-electron chi connectivity index (χ2n) is 2.96. The summed E-state index contributed by atoms with van der Waals surface area (Å²) in [6.45, 7) is -0.545. The predicted molar refractivity (Wildman–Crippen MR) is 50.4 cm³/mol. The van der Waals surface area contributed by atoms with E-state index < -0.39 is 16.4 Å². The van der Waals surface area contributed by atoms with E-state index in [0.717, 1.165) is 0 Å². The largest absolute Gasteiger partial charge is 0.507 e. The van der Waals surface area contributed by atoms with Gasteiger partial charge in [-0.15, -0.1) is 0 Å². The first kappa shape index (κ1) is 9.23. The highest BCUT2D eigenvalue weighted by atomic mass is 32.2. The minimum Gasteiger partial charge on any atom is -0.507 e. The van der Waals surface area contributed by atoms with Gasteiger partial charge in [-0.05, 0) is 18.2 Å². The second kappa shape index (κ2) is 2.83. The van der Waals surface area contributed by atoms with Gasteiger partial charge in [-0.2, -0.15) is 0 Å². The second-order valence-corrected chi connectivity index (χ2v) is 4.93. The first-order valence-electron chi connectivity index (χ1n) is 3.96. The topological polar surface area (TPSA) is 74.6 Å². The van der Waals surface area contributed by atoms with Crippen LogP contribution in [0.25, 0.3) is 6.08 Å². The Morgan fingerprint density at radius 1 is 1.29 bits per heavy atom. The van der Waals surface area contributed by atoms with E-state index in [0.29, 0.717) is 0 Å². The predicted octanol–water partition coefficient (Wildman–Crippen LogP) is 0.513. The van der Waals surface area contributed by atoms with E-state index in [4.69, 9.17) is 5.11 Å². The maximum Gasteiger partial charge on any atom is 0.205 e. The molecular formula is C9H8O4S. The van der Waals surface area contributed by atoms with E-state index in [9.17, 15) is 13.5 Å². The highest BCUT2D eigenvalue weighted by Crippen LogP contribution is 2.37. The minimum atomic E-state index is -3.57. The van der Waals surface area contributed by atoms with Crippen molar-refractivity contribution in [2.24, 2.45) is 0 Å². The van der Waals surface area contributed by atoms with Crippen molar-refractivity contribution in [3.63, 3.8) is 0 Å². The summed E-state index contributed by atoms with van der Waals surface area (Å²) in [4.78, 5) is -0.0180. The van der Waals surface area contributed by atoms with Crippen molar-refractivity contribution in [2.45, 2.75) is 4.90 Å². The van der Waals surface area contributed by atoms with Gasteiger partial charge < -0.3 is 10.2 Å². The van der Waals surface area contributed by atoms with E-state index >= 15 is 0 Å². The third-order valence-electron chi connectivity index (χ3n) is 2.14. The fraction of sp³-hybridized carbons (Fsp3) is 0.111. The molecule has 2 N–H and O–H groups in total. The Labute approximate surface area is 81.0 Å². The van der Waals surface area contributed by atoms with E-state index in [2.05, 4.69) is 0 Å². The Bertz CT molecular complexity index is 514. The Kier molecular flexibility index (Phi) is 1.87. The molecule has 0 atom stereocenters. The van der Waals surface area contributed by atoms with Gasteiger partial charge in [0.1, 0.15) is 5.75 Å². The monoisotopic (exact) mass is 212 g/mol. The summed E-state index contributed by atoms with van der Waals surface area (Å²) < 4.78 is 23.3. The van der Waals surface area contributed by atoms with Crippen LogP contribution in [0.15, 0.2) is 28.0 Å². The zero-order valence-electron chi connectivity index (χ0n) is 7.14. The third-order valence-corrected chi connectivity index (χ3v) is 4.01. The molecule has 0 radical (unpaired) electrons. The van der Waals surface area contributed by atoms with Gasteiger partial charge in [0.05, 0.1) is 16.4 Å². The number of hydrogen-bond donors (Lipinski definition) is 2. The minimum absolute atomic E-state index is 0.0570. The van der Waals surface area contributed by atoms with Gasteiger partial charge in [-0.3, -0.25) is 0 Å². The molecule has 1 heterocycles. The van der Waals surface area contributed by atoms with Crippen molar-refractivity contribution in [2.75, 3.05) is 6.61 Å². The van der Waals surface area contributed by atoms with Gasteiger partial charge in [0, 0.05) is 5.56 Å². The normalized spacial score (nSPS) is 17.6. The molecular weight excluding hydrogens is 204 g/mol. The molecule has 1 aromatic rings. The van der Waals surface area contributed by atoms with Crippen LogP contribution in [0.2, 0.25) is 0 Å². The molecule has 2 rings (SSSR count). The maximum atomic E-state index is 11.6. The van der Waals surface area contributed by atoms with Crippen molar-refractivity contribution < 1.29 is 18.6 Å². The fourth-order valence-corrected chi connectivity index (χ4v) is 2.86. The zero-order chi connectivity index (χ0) is 10.3. The highest BCUT2D eigenvalue weighted by Gasteiger charge is 2.30. The summed E-state index contributed by atoms with van der Waals surface area (Å²) in [5.74, 6) is -0.0884. The average Bonchev–Trinajstić information content (AvgIpc) is 2.40. The van der Waals surface area contributed by atoms with Crippen molar-refractivity contribution in [1.82, 2.24) is 0 Å². The first-order chi connectivity index (χ1) is 6.57. The van der Waals surface area contributed by atoms with Crippen LogP contribution in [0.5, 0.6) is 5.75 Å². The molecule has 0 bridgehead atoms. The molecule has 74 valence electrons. The lowest BCUT2D eigenvalue weighted by molar-refractivity contribution is 0.339. The summed E-state index contributed by atoms with van der Waals surface area (Å²) >= 11 is 0. The van der Waals surface area contributed by atoms with Crippen molar-refractivity contribution in [3.8, 4) is 5.75 Å². The number of fused-ring (bicyclic) bond motifs is 1. The smallest absolute Gasteiger partial charge is 0.205 e. The molecule has 0 unspecified atom stereocenters. The quantitative estimate of drug-likeness (QED) is 0.711. The zero-order valence-corrected chi connectivity index (χ0v) is 7.95. The summed E-state index contributed by atoms with van der Waals surface area (Å²) in [5, 5.41) is 18.2. The molecule has 0 amide bonds. The van der Waals surface area contributed by atoms with Crippen LogP contribution in [0.3, 0.4) is 0 Å². The summed E-state index contributed by atoms with van der Waals surface area (Å²) in [6.07, 6.45) is 1.29. The summed E-state index contributed by atoms with van der Waals surface area (Å²) in [7, 11) is -3.57. The molecule has 0 saturated carbocycles. The molecule has 14 heavy (non-hydrogen) atoms. The number of benzene rings is 1. The number of sulfone groups is 1. The van der Waals surface area contributed by atoms with E-state index in [1.54, 1.807) is 0 Å². The molecule has 1 aliphatic heterocycles. The first-order valence-corrected chi connectivity index (χ1v) is 5.44. The van der Waals surface area contributed by atoms with Gasteiger partial charge in [0.25, 0.3) is 0 Å². The maximum absolute atomic E-state index is 11.6. The van der Waals surface area contributed by atoms with E-state index in [1.165, 1.54) is 24.3 Å². The number of aromatic hydroxyl groups is 1. The van der Waals surface area contributed by atoms with Crippen molar-refractivity contribution >= 4 is 15.9 Å². The van der Waals surface area contributed by atoms with E-state index in [1.807, 2.05) is 0 Å². The van der Waals surface area contributed by atoms with Gasteiger partial charge in [-0.25, -0.2) is 8.42 Å². The lowest BCUT2D eigenvalue weighted by Crippen LogP contribution is -2.03. The number of rotatable bonds is 1. The molecule has 5 heteroatoms. The van der Waals surface area contributed by atoms with Gasteiger partial charge in [0.2, 0.25) is 9.84 Å². The molecule has 0 fully saturated rings. The molecule has 0 aromatic heterocycles. The van der Waals surface area contributed by atoms with Gasteiger partial charge in [0.15, 0.2) is 0 Å². The summed E-state index contributed by atoms with van der Waals surface area (Å²) in [5.41, 5.74) is 0.261. The molecule has 1 aromatic carbocycles. The Hall–Kier alpha value is -1.33. The molecule has 1 aliphatic rings. The van der Waals surface area contributed by atoms with Gasteiger partial charge >= 0.3 is 0 Å². The van der Waals surface area contributed by atoms with Crippen LogP contribution >= 0.6 is 0 Å². The Morgan fingerprint density at radius 2 is 2.00 bits per heavy atom. The number of aliphatic hydroxyl groups excluding tert-OH is 1. The van der Waals surface area contributed by atoms with Crippen LogP contribution in [0.4, 0.5) is 0 Å². The molecule has 0 aliphatic carbocycles. The van der Waals surface area contributed by atoms with Crippen LogP contribution in [0, 0.1) is 0 Å². The Balaban J connectivity index is 2.78. The van der Waals surface area contributed by atoms with Crippen LogP contribution in [-0.2, 0) is 9.84 Å². The lowest BCUT2D eigenvalue weighted by Gasteiger charge is -2.00. The van der Waals surface area contributed by atoms with Crippen LogP contribution in [-0.4, -0.2) is 25.2 Å². The van der Waals surface area contributed by atoms with Crippen LogP contribution < -0.4 is 0 Å². The summed E-state index contributed by atoms with van der Waals surface area (Å²) in [6, 6.07) is 4.27. The van der Waals surface area contributed by atoms with Crippen LogP contribution in [0.1, 0.15) is 5.56 Å². The number of aliphatic hydroxyl groups is 1. The highest BCUT2D eigenvalue weighted by molar-refractivity contribution is 7.95.